The van der Waals surface area contributed by atoms with E-state index in [9.17, 15) is 4.79 Å². The van der Waals surface area contributed by atoms with Crippen molar-refractivity contribution in [2.45, 2.75) is 31.7 Å². The van der Waals surface area contributed by atoms with Crippen LogP contribution >= 0.6 is 0 Å². The molecule has 92 valence electrons. The number of aromatic nitrogens is 1. The molecule has 1 aliphatic rings. The monoisotopic (exact) mass is 234 g/mol. The summed E-state index contributed by atoms with van der Waals surface area (Å²) in [5.74, 6) is 0.222. The molecule has 1 aliphatic carbocycles. The first kappa shape index (κ1) is 11.9. The van der Waals surface area contributed by atoms with Gasteiger partial charge in [0.2, 0.25) is 5.91 Å². The summed E-state index contributed by atoms with van der Waals surface area (Å²) < 4.78 is 0. The number of nitrogens with zero attached hydrogens (tertiary/aromatic N) is 1. The molecule has 0 radical (unpaired) electrons. The minimum Gasteiger partial charge on any atom is -0.368 e. The molecule has 1 amide bonds. The second kappa shape index (κ2) is 4.33. The Morgan fingerprint density at radius 1 is 1.53 bits per heavy atom. The number of primary amides is 1. The highest BCUT2D eigenvalue weighted by Crippen LogP contribution is 2.29. The summed E-state index contributed by atoms with van der Waals surface area (Å²) in [6, 6.07) is 3.34. The predicted octanol–water partition coefficient (Wildman–Crippen LogP) is 0.782. The van der Waals surface area contributed by atoms with Crippen LogP contribution in [0, 0.1) is 6.92 Å². The lowest BCUT2D eigenvalue weighted by Crippen LogP contribution is -2.52. The van der Waals surface area contributed by atoms with Gasteiger partial charge in [-0.2, -0.15) is 0 Å². The molecule has 2 rings (SSSR count). The number of hydrogen-bond donors (Lipinski definition) is 3. The zero-order valence-electron chi connectivity index (χ0n) is 9.99. The van der Waals surface area contributed by atoms with Gasteiger partial charge in [0.05, 0.1) is 0 Å². The van der Waals surface area contributed by atoms with Crippen molar-refractivity contribution in [3.63, 3.8) is 0 Å². The van der Waals surface area contributed by atoms with E-state index in [0.717, 1.165) is 18.5 Å². The second-order valence-corrected chi connectivity index (χ2v) is 4.82. The molecule has 1 heterocycles. The standard InChI is InChI=1S/C12H18N4O/c1-8-5-9(11(13)17)6-10(16-8)15-7-12(14)3-2-4-12/h5-6H,2-4,7,14H2,1H3,(H2,13,17)(H,15,16). The first-order valence-corrected chi connectivity index (χ1v) is 5.80. The molecule has 1 aromatic rings. The van der Waals surface area contributed by atoms with E-state index in [1.165, 1.54) is 6.42 Å². The Morgan fingerprint density at radius 3 is 2.76 bits per heavy atom. The van der Waals surface area contributed by atoms with Crippen LogP contribution in [0.1, 0.15) is 35.3 Å². The van der Waals surface area contributed by atoms with E-state index in [1.807, 2.05) is 6.92 Å². The molecule has 0 aliphatic heterocycles. The van der Waals surface area contributed by atoms with Gasteiger partial charge in [0.25, 0.3) is 0 Å². The van der Waals surface area contributed by atoms with Gasteiger partial charge in [-0.05, 0) is 38.3 Å². The maximum atomic E-state index is 11.1. The summed E-state index contributed by atoms with van der Waals surface area (Å²) in [7, 11) is 0. The Morgan fingerprint density at radius 2 is 2.24 bits per heavy atom. The summed E-state index contributed by atoms with van der Waals surface area (Å²) in [5, 5.41) is 3.18. The molecule has 0 atom stereocenters. The Kier molecular flexibility index (Phi) is 3.02. The maximum absolute atomic E-state index is 11.1. The molecular weight excluding hydrogens is 216 g/mol. The molecule has 0 spiro atoms. The van der Waals surface area contributed by atoms with Gasteiger partial charge in [0.15, 0.2) is 0 Å². The minimum absolute atomic E-state index is 0.113. The number of anilines is 1. The summed E-state index contributed by atoms with van der Waals surface area (Å²) >= 11 is 0. The van der Waals surface area contributed by atoms with Crippen LogP contribution in [0.2, 0.25) is 0 Å². The number of hydrogen-bond acceptors (Lipinski definition) is 4. The van der Waals surface area contributed by atoms with E-state index in [4.69, 9.17) is 11.5 Å². The Labute approximate surface area is 101 Å². The van der Waals surface area contributed by atoms with Gasteiger partial charge < -0.3 is 16.8 Å². The minimum atomic E-state index is -0.440. The van der Waals surface area contributed by atoms with Gasteiger partial charge in [-0.15, -0.1) is 0 Å². The van der Waals surface area contributed by atoms with Crippen LogP contribution in [0.5, 0.6) is 0 Å². The van der Waals surface area contributed by atoms with Crippen molar-refractivity contribution in [1.29, 1.82) is 0 Å². The van der Waals surface area contributed by atoms with Crippen LogP contribution in [-0.4, -0.2) is 23.0 Å². The molecule has 5 N–H and O–H groups in total. The first-order chi connectivity index (χ1) is 7.98. The van der Waals surface area contributed by atoms with Crippen molar-refractivity contribution in [2.24, 2.45) is 11.5 Å². The van der Waals surface area contributed by atoms with Gasteiger partial charge in [-0.25, -0.2) is 4.98 Å². The van der Waals surface area contributed by atoms with E-state index < -0.39 is 5.91 Å². The largest absolute Gasteiger partial charge is 0.368 e. The molecule has 0 aromatic carbocycles. The highest BCUT2D eigenvalue weighted by atomic mass is 16.1. The normalized spacial score (nSPS) is 17.3. The van der Waals surface area contributed by atoms with Gasteiger partial charge in [-0.3, -0.25) is 4.79 Å². The number of nitrogens with one attached hydrogen (secondary N) is 1. The smallest absolute Gasteiger partial charge is 0.248 e. The number of rotatable bonds is 4. The molecule has 1 saturated carbocycles. The van der Waals surface area contributed by atoms with Crippen molar-refractivity contribution >= 4 is 11.7 Å². The van der Waals surface area contributed by atoms with Gasteiger partial charge in [0.1, 0.15) is 5.82 Å². The average Bonchev–Trinajstić information content (AvgIpc) is 2.23. The molecule has 0 bridgehead atoms. The molecule has 5 heteroatoms. The van der Waals surface area contributed by atoms with Crippen LogP contribution in [0.4, 0.5) is 5.82 Å². The number of nitrogens with two attached hydrogens (primary N) is 2. The lowest BCUT2D eigenvalue weighted by molar-refractivity contribution is 0.1000. The molecule has 0 unspecified atom stereocenters. The number of carbonyl (C=O) groups excluding carboxylic acids is 1. The third-order valence-corrected chi connectivity index (χ3v) is 3.21. The molecule has 0 saturated heterocycles. The van der Waals surface area contributed by atoms with E-state index in [-0.39, 0.29) is 5.54 Å². The Bertz CT molecular complexity index is 440. The summed E-state index contributed by atoms with van der Waals surface area (Å²) in [6.45, 7) is 2.51. The van der Waals surface area contributed by atoms with Crippen LogP contribution in [0.15, 0.2) is 12.1 Å². The summed E-state index contributed by atoms with van der Waals surface area (Å²) in [5.41, 5.74) is 12.5. The third-order valence-electron chi connectivity index (χ3n) is 3.21. The van der Waals surface area contributed by atoms with Gasteiger partial charge >= 0.3 is 0 Å². The van der Waals surface area contributed by atoms with E-state index in [0.29, 0.717) is 17.9 Å². The van der Waals surface area contributed by atoms with Crippen molar-refractivity contribution in [3.05, 3.63) is 23.4 Å². The fraction of sp³-hybridized carbons (Fsp3) is 0.500. The SMILES string of the molecule is Cc1cc(C(N)=O)cc(NCC2(N)CCC2)n1. The van der Waals surface area contributed by atoms with Gasteiger partial charge in [0, 0.05) is 23.3 Å². The van der Waals surface area contributed by atoms with Crippen molar-refractivity contribution < 1.29 is 4.79 Å². The number of aryl methyl sites for hydroxylation is 1. The lowest BCUT2D eigenvalue weighted by atomic mass is 9.78. The van der Waals surface area contributed by atoms with Crippen molar-refractivity contribution in [3.8, 4) is 0 Å². The Hall–Kier alpha value is -1.62. The average molecular weight is 234 g/mol. The van der Waals surface area contributed by atoms with Crippen molar-refractivity contribution in [2.75, 3.05) is 11.9 Å². The maximum Gasteiger partial charge on any atom is 0.248 e. The van der Waals surface area contributed by atoms with Gasteiger partial charge in [-0.1, -0.05) is 0 Å². The molecule has 5 nitrogen and oxygen atoms in total. The zero-order chi connectivity index (χ0) is 12.5. The van der Waals surface area contributed by atoms with Crippen LogP contribution in [-0.2, 0) is 0 Å². The molecule has 1 aromatic heterocycles. The third kappa shape index (κ3) is 2.74. The van der Waals surface area contributed by atoms with Crippen molar-refractivity contribution in [1.82, 2.24) is 4.98 Å². The summed E-state index contributed by atoms with van der Waals surface area (Å²) in [6.07, 6.45) is 3.26. The number of pyridine rings is 1. The highest BCUT2D eigenvalue weighted by Gasteiger charge is 2.32. The first-order valence-electron chi connectivity index (χ1n) is 5.80. The van der Waals surface area contributed by atoms with E-state index in [1.54, 1.807) is 12.1 Å². The topological polar surface area (TPSA) is 94.0 Å². The number of amides is 1. The van der Waals surface area contributed by atoms with Crippen LogP contribution in [0.25, 0.3) is 0 Å². The zero-order valence-corrected chi connectivity index (χ0v) is 9.99. The highest BCUT2D eigenvalue weighted by molar-refractivity contribution is 5.93. The van der Waals surface area contributed by atoms with E-state index >= 15 is 0 Å². The molecule has 17 heavy (non-hydrogen) atoms. The Balaban J connectivity index is 2.07. The molecular formula is C12H18N4O. The predicted molar refractivity (Wildman–Crippen MR) is 66.8 cm³/mol. The second-order valence-electron chi connectivity index (χ2n) is 4.82. The number of carbonyl (C=O) groups is 1. The summed E-state index contributed by atoms with van der Waals surface area (Å²) in [4.78, 5) is 15.4. The quantitative estimate of drug-likeness (QED) is 0.717. The van der Waals surface area contributed by atoms with Crippen LogP contribution in [0.3, 0.4) is 0 Å². The van der Waals surface area contributed by atoms with E-state index in [2.05, 4.69) is 10.3 Å². The lowest BCUT2D eigenvalue weighted by Gasteiger charge is -2.38. The fourth-order valence-electron chi connectivity index (χ4n) is 1.98. The molecule has 1 fully saturated rings. The fourth-order valence-corrected chi connectivity index (χ4v) is 1.98. The van der Waals surface area contributed by atoms with Crippen LogP contribution < -0.4 is 16.8 Å².